The van der Waals surface area contributed by atoms with Gasteiger partial charge in [-0.05, 0) is 37.5 Å². The van der Waals surface area contributed by atoms with Crippen molar-refractivity contribution in [3.8, 4) is 0 Å². The van der Waals surface area contributed by atoms with Crippen molar-refractivity contribution in [1.82, 2.24) is 4.68 Å². The fourth-order valence-corrected chi connectivity index (χ4v) is 3.19. The standard InChI is InChI=1S/C23H26N2O2/c1-4-27-23(26)22-17-25(19(3)18(22)2)24(15-20-11-7-5-8-12-20)16-21-13-9-6-10-14-21/h5-14,17H,4,15-16H2,1-3H3. The minimum absolute atomic E-state index is 0.267. The molecule has 0 unspecified atom stereocenters. The molecule has 4 nitrogen and oxygen atoms in total. The summed E-state index contributed by atoms with van der Waals surface area (Å²) < 4.78 is 7.31. The Labute approximate surface area is 161 Å². The number of hydrogen-bond donors (Lipinski definition) is 0. The van der Waals surface area contributed by atoms with Crippen molar-refractivity contribution in [2.45, 2.75) is 33.9 Å². The zero-order chi connectivity index (χ0) is 19.2. The number of carbonyl (C=O) groups is 1. The van der Waals surface area contributed by atoms with Crippen LogP contribution in [0, 0.1) is 13.8 Å². The summed E-state index contributed by atoms with van der Waals surface area (Å²) in [5.41, 5.74) is 5.07. The molecule has 3 aromatic rings. The van der Waals surface area contributed by atoms with E-state index in [0.717, 1.165) is 24.3 Å². The molecule has 0 saturated heterocycles. The second-order valence-electron chi connectivity index (χ2n) is 6.61. The lowest BCUT2D eigenvalue weighted by Crippen LogP contribution is -2.33. The quantitative estimate of drug-likeness (QED) is 0.575. The maximum absolute atomic E-state index is 12.3. The summed E-state index contributed by atoms with van der Waals surface area (Å²) in [5.74, 6) is -0.267. The molecule has 0 radical (unpaired) electrons. The van der Waals surface area contributed by atoms with Crippen LogP contribution < -0.4 is 5.01 Å². The first-order valence-corrected chi connectivity index (χ1v) is 9.29. The molecule has 0 atom stereocenters. The smallest absolute Gasteiger partial charge is 0.340 e. The van der Waals surface area contributed by atoms with Crippen LogP contribution in [-0.4, -0.2) is 17.3 Å². The van der Waals surface area contributed by atoms with Crippen LogP contribution in [0.3, 0.4) is 0 Å². The van der Waals surface area contributed by atoms with Gasteiger partial charge in [0.15, 0.2) is 0 Å². The SMILES string of the molecule is CCOC(=O)c1cn(N(Cc2ccccc2)Cc2ccccc2)c(C)c1C. The molecule has 27 heavy (non-hydrogen) atoms. The van der Waals surface area contributed by atoms with Gasteiger partial charge in [-0.15, -0.1) is 0 Å². The molecule has 2 aromatic carbocycles. The first-order chi connectivity index (χ1) is 13.1. The van der Waals surface area contributed by atoms with Crippen molar-refractivity contribution in [1.29, 1.82) is 0 Å². The van der Waals surface area contributed by atoms with Gasteiger partial charge in [-0.3, -0.25) is 4.68 Å². The van der Waals surface area contributed by atoms with Gasteiger partial charge < -0.3 is 9.75 Å². The van der Waals surface area contributed by atoms with E-state index in [-0.39, 0.29) is 5.97 Å². The van der Waals surface area contributed by atoms with E-state index in [2.05, 4.69) is 34.0 Å². The third-order valence-corrected chi connectivity index (χ3v) is 4.76. The van der Waals surface area contributed by atoms with Crippen LogP contribution in [0.4, 0.5) is 0 Å². The minimum Gasteiger partial charge on any atom is -0.462 e. The van der Waals surface area contributed by atoms with Gasteiger partial charge in [0.1, 0.15) is 0 Å². The van der Waals surface area contributed by atoms with Gasteiger partial charge in [0.2, 0.25) is 0 Å². The number of benzene rings is 2. The Morgan fingerprint density at radius 3 is 1.93 bits per heavy atom. The Hall–Kier alpha value is -3.01. The van der Waals surface area contributed by atoms with E-state index in [0.29, 0.717) is 12.2 Å². The van der Waals surface area contributed by atoms with E-state index in [1.54, 1.807) is 0 Å². The fraction of sp³-hybridized carbons (Fsp3) is 0.261. The monoisotopic (exact) mass is 362 g/mol. The summed E-state index contributed by atoms with van der Waals surface area (Å²) in [7, 11) is 0. The van der Waals surface area contributed by atoms with Crippen LogP contribution >= 0.6 is 0 Å². The number of aromatic nitrogens is 1. The van der Waals surface area contributed by atoms with E-state index in [1.165, 1.54) is 11.1 Å². The molecular weight excluding hydrogens is 336 g/mol. The van der Waals surface area contributed by atoms with Gasteiger partial charge in [-0.25, -0.2) is 4.79 Å². The zero-order valence-corrected chi connectivity index (χ0v) is 16.2. The molecule has 0 fully saturated rings. The first kappa shape index (κ1) is 18.8. The molecule has 1 heterocycles. The highest BCUT2D eigenvalue weighted by Gasteiger charge is 2.20. The predicted molar refractivity (Wildman–Crippen MR) is 108 cm³/mol. The molecule has 4 heteroatoms. The fourth-order valence-electron chi connectivity index (χ4n) is 3.19. The van der Waals surface area contributed by atoms with Crippen molar-refractivity contribution in [3.05, 3.63) is 94.8 Å². The third-order valence-electron chi connectivity index (χ3n) is 4.76. The molecular formula is C23H26N2O2. The second-order valence-corrected chi connectivity index (χ2v) is 6.61. The average molecular weight is 362 g/mol. The Kier molecular flexibility index (Phi) is 5.97. The van der Waals surface area contributed by atoms with Crippen LogP contribution in [0.15, 0.2) is 66.9 Å². The zero-order valence-electron chi connectivity index (χ0n) is 16.2. The van der Waals surface area contributed by atoms with Crippen molar-refractivity contribution < 1.29 is 9.53 Å². The van der Waals surface area contributed by atoms with E-state index in [9.17, 15) is 4.79 Å². The molecule has 0 bridgehead atoms. The lowest BCUT2D eigenvalue weighted by atomic mass is 10.2. The minimum atomic E-state index is -0.267. The molecule has 0 spiro atoms. The molecule has 0 N–H and O–H groups in total. The molecule has 140 valence electrons. The molecule has 0 amide bonds. The van der Waals surface area contributed by atoms with Gasteiger partial charge in [-0.2, -0.15) is 0 Å². The Bertz CT molecular complexity index is 844. The van der Waals surface area contributed by atoms with Crippen molar-refractivity contribution in [2.75, 3.05) is 11.6 Å². The van der Waals surface area contributed by atoms with E-state index in [4.69, 9.17) is 4.74 Å². The van der Waals surface area contributed by atoms with Crippen molar-refractivity contribution >= 4 is 5.97 Å². The highest BCUT2D eigenvalue weighted by Crippen LogP contribution is 2.20. The average Bonchev–Trinajstić information content (AvgIpc) is 2.98. The van der Waals surface area contributed by atoms with Gasteiger partial charge >= 0.3 is 5.97 Å². The Morgan fingerprint density at radius 1 is 0.926 bits per heavy atom. The summed E-state index contributed by atoms with van der Waals surface area (Å²) in [6.45, 7) is 7.71. The topological polar surface area (TPSA) is 34.5 Å². The number of rotatable bonds is 7. The molecule has 0 saturated carbocycles. The van der Waals surface area contributed by atoms with Crippen molar-refractivity contribution in [3.63, 3.8) is 0 Å². The third kappa shape index (κ3) is 4.40. The number of hydrogen-bond acceptors (Lipinski definition) is 3. The number of nitrogens with zero attached hydrogens (tertiary/aromatic N) is 2. The maximum Gasteiger partial charge on any atom is 0.340 e. The second kappa shape index (κ2) is 8.58. The molecule has 0 aliphatic heterocycles. The van der Waals surface area contributed by atoms with Crippen LogP contribution in [0.1, 0.15) is 39.7 Å². The van der Waals surface area contributed by atoms with Gasteiger partial charge in [0.25, 0.3) is 0 Å². The normalized spacial score (nSPS) is 10.6. The van der Waals surface area contributed by atoms with Crippen LogP contribution in [-0.2, 0) is 17.8 Å². The summed E-state index contributed by atoms with van der Waals surface area (Å²) in [6, 6.07) is 20.7. The molecule has 0 aliphatic rings. The summed E-state index contributed by atoms with van der Waals surface area (Å²) >= 11 is 0. The van der Waals surface area contributed by atoms with Crippen LogP contribution in [0.2, 0.25) is 0 Å². The largest absolute Gasteiger partial charge is 0.462 e. The van der Waals surface area contributed by atoms with Crippen LogP contribution in [0.5, 0.6) is 0 Å². The van der Waals surface area contributed by atoms with E-state index < -0.39 is 0 Å². The lowest BCUT2D eigenvalue weighted by molar-refractivity contribution is 0.0525. The summed E-state index contributed by atoms with van der Waals surface area (Å²) in [5, 5.41) is 2.25. The van der Waals surface area contributed by atoms with Crippen LogP contribution in [0.25, 0.3) is 0 Å². The molecule has 1 aromatic heterocycles. The summed E-state index contributed by atoms with van der Waals surface area (Å²) in [4.78, 5) is 12.3. The summed E-state index contributed by atoms with van der Waals surface area (Å²) in [6.07, 6.45) is 1.90. The Balaban J connectivity index is 1.97. The van der Waals surface area contributed by atoms with Gasteiger partial charge in [0.05, 0.1) is 25.3 Å². The number of esters is 1. The predicted octanol–water partition coefficient (Wildman–Crippen LogP) is 4.62. The molecule has 0 aliphatic carbocycles. The highest BCUT2D eigenvalue weighted by molar-refractivity contribution is 5.91. The van der Waals surface area contributed by atoms with Gasteiger partial charge in [0, 0.05) is 11.9 Å². The number of carbonyl (C=O) groups excluding carboxylic acids is 1. The Morgan fingerprint density at radius 2 is 1.44 bits per heavy atom. The number of ether oxygens (including phenoxy) is 1. The van der Waals surface area contributed by atoms with Crippen molar-refractivity contribution in [2.24, 2.45) is 0 Å². The molecule has 3 rings (SSSR count). The van der Waals surface area contributed by atoms with Gasteiger partial charge in [-0.1, -0.05) is 60.7 Å². The lowest BCUT2D eigenvalue weighted by Gasteiger charge is -2.28. The maximum atomic E-state index is 12.3. The van der Waals surface area contributed by atoms with E-state index >= 15 is 0 Å². The van der Waals surface area contributed by atoms with E-state index in [1.807, 2.05) is 63.4 Å². The highest BCUT2D eigenvalue weighted by atomic mass is 16.5. The first-order valence-electron chi connectivity index (χ1n) is 9.29.